The molecule has 1 heterocycles. The fourth-order valence-electron chi connectivity index (χ4n) is 0.667. The molecule has 0 aliphatic rings. The van der Waals surface area contributed by atoms with Gasteiger partial charge in [0.25, 0.3) is 0 Å². The van der Waals surface area contributed by atoms with Crippen LogP contribution in [-0.2, 0) is 0 Å². The van der Waals surface area contributed by atoms with E-state index in [1.54, 1.807) is 12.3 Å². The minimum absolute atomic E-state index is 0.482. The summed E-state index contributed by atoms with van der Waals surface area (Å²) in [5, 5.41) is 0.482. The van der Waals surface area contributed by atoms with Crippen molar-refractivity contribution in [1.29, 1.82) is 0 Å². The lowest BCUT2D eigenvalue weighted by Crippen LogP contribution is -1.85. The summed E-state index contributed by atoms with van der Waals surface area (Å²) in [5.74, 6) is 2.51. The molecule has 0 spiro atoms. The first-order valence-corrected chi connectivity index (χ1v) is 3.21. The Morgan fingerprint density at radius 1 is 1.70 bits per heavy atom. The zero-order valence-corrected chi connectivity index (χ0v) is 6.31. The summed E-state index contributed by atoms with van der Waals surface area (Å²) in [6, 6.07) is 1.77. The van der Waals surface area contributed by atoms with E-state index in [9.17, 15) is 0 Å². The zero-order chi connectivity index (χ0) is 7.56. The van der Waals surface area contributed by atoms with E-state index in [1.807, 2.05) is 6.92 Å². The second kappa shape index (κ2) is 2.72. The zero-order valence-electron chi connectivity index (χ0n) is 5.56. The molecular weight excluding hydrogens is 146 g/mol. The van der Waals surface area contributed by atoms with Crippen LogP contribution in [0.1, 0.15) is 11.1 Å². The maximum atomic E-state index is 5.69. The topological polar surface area (TPSA) is 12.9 Å². The van der Waals surface area contributed by atoms with Crippen LogP contribution < -0.4 is 0 Å². The third-order valence-corrected chi connectivity index (χ3v) is 1.68. The second-order valence-corrected chi connectivity index (χ2v) is 2.28. The molecule has 0 saturated heterocycles. The van der Waals surface area contributed by atoms with E-state index in [0.29, 0.717) is 5.15 Å². The van der Waals surface area contributed by atoms with Gasteiger partial charge in [-0.25, -0.2) is 4.98 Å². The molecule has 0 amide bonds. The molecule has 0 aliphatic carbocycles. The molecule has 1 rings (SSSR count). The van der Waals surface area contributed by atoms with Crippen LogP contribution in [0, 0.1) is 19.3 Å². The van der Waals surface area contributed by atoms with Crippen LogP contribution in [0.5, 0.6) is 0 Å². The Morgan fingerprint density at radius 3 is 2.90 bits per heavy atom. The van der Waals surface area contributed by atoms with Crippen molar-refractivity contribution in [3.05, 3.63) is 28.5 Å². The Kier molecular flexibility index (Phi) is 1.94. The molecule has 0 fully saturated rings. The summed E-state index contributed by atoms with van der Waals surface area (Å²) in [7, 11) is 0. The molecule has 0 atom stereocenters. The highest BCUT2D eigenvalue weighted by Gasteiger charge is 1.98. The van der Waals surface area contributed by atoms with E-state index in [2.05, 4.69) is 10.9 Å². The van der Waals surface area contributed by atoms with Crippen LogP contribution in [0.3, 0.4) is 0 Å². The van der Waals surface area contributed by atoms with Crippen LogP contribution in [0.2, 0.25) is 5.15 Å². The van der Waals surface area contributed by atoms with Gasteiger partial charge in [0, 0.05) is 17.3 Å². The van der Waals surface area contributed by atoms with Crippen LogP contribution in [0.15, 0.2) is 12.3 Å². The Balaban J connectivity index is 3.31. The Bertz CT molecular complexity index is 286. The molecule has 0 saturated carbocycles. The van der Waals surface area contributed by atoms with E-state index in [-0.39, 0.29) is 0 Å². The van der Waals surface area contributed by atoms with Crippen molar-refractivity contribution >= 4 is 11.6 Å². The maximum absolute atomic E-state index is 5.69. The van der Waals surface area contributed by atoms with Crippen molar-refractivity contribution in [2.45, 2.75) is 6.92 Å². The monoisotopic (exact) mass is 151 g/mol. The SMILES string of the molecule is C#Cc1ccnc(Cl)c1C. The first-order valence-electron chi connectivity index (χ1n) is 2.83. The molecule has 0 bridgehead atoms. The number of terminal acetylenes is 1. The Hall–Kier alpha value is -1.00. The van der Waals surface area contributed by atoms with Crippen LogP contribution >= 0.6 is 11.6 Å². The predicted molar refractivity (Wildman–Crippen MR) is 41.9 cm³/mol. The molecule has 0 radical (unpaired) electrons. The lowest BCUT2D eigenvalue weighted by Gasteiger charge is -1.97. The van der Waals surface area contributed by atoms with Crippen molar-refractivity contribution in [1.82, 2.24) is 4.98 Å². The number of hydrogen-bond donors (Lipinski definition) is 0. The van der Waals surface area contributed by atoms with Gasteiger partial charge in [0.05, 0.1) is 0 Å². The lowest BCUT2D eigenvalue weighted by molar-refractivity contribution is 1.25. The molecule has 0 unspecified atom stereocenters. The first kappa shape index (κ1) is 7.11. The third kappa shape index (κ3) is 1.12. The van der Waals surface area contributed by atoms with Gasteiger partial charge in [-0.3, -0.25) is 0 Å². The van der Waals surface area contributed by atoms with Gasteiger partial charge in [-0.1, -0.05) is 17.5 Å². The van der Waals surface area contributed by atoms with Crippen molar-refractivity contribution < 1.29 is 0 Å². The molecule has 1 aromatic rings. The van der Waals surface area contributed by atoms with Gasteiger partial charge in [0.1, 0.15) is 5.15 Å². The van der Waals surface area contributed by atoms with Gasteiger partial charge in [0.15, 0.2) is 0 Å². The smallest absolute Gasteiger partial charge is 0.133 e. The van der Waals surface area contributed by atoms with Gasteiger partial charge in [-0.15, -0.1) is 6.42 Å². The average molecular weight is 152 g/mol. The van der Waals surface area contributed by atoms with E-state index < -0.39 is 0 Å². The minimum Gasteiger partial charge on any atom is -0.244 e. The normalized spacial score (nSPS) is 8.90. The molecule has 10 heavy (non-hydrogen) atoms. The summed E-state index contributed by atoms with van der Waals surface area (Å²) in [4.78, 5) is 3.86. The highest BCUT2D eigenvalue weighted by atomic mass is 35.5. The fraction of sp³-hybridized carbons (Fsp3) is 0.125. The molecule has 0 N–H and O–H groups in total. The highest BCUT2D eigenvalue weighted by molar-refractivity contribution is 6.30. The lowest BCUT2D eigenvalue weighted by atomic mass is 10.2. The fourth-order valence-corrected chi connectivity index (χ4v) is 0.825. The van der Waals surface area contributed by atoms with Crippen molar-refractivity contribution in [2.75, 3.05) is 0 Å². The highest BCUT2D eigenvalue weighted by Crippen LogP contribution is 2.13. The first-order chi connectivity index (χ1) is 4.75. The summed E-state index contributed by atoms with van der Waals surface area (Å²) < 4.78 is 0. The number of rotatable bonds is 0. The van der Waals surface area contributed by atoms with E-state index in [0.717, 1.165) is 11.1 Å². The van der Waals surface area contributed by atoms with Gasteiger partial charge >= 0.3 is 0 Å². The molecule has 1 nitrogen and oxygen atoms in total. The molecule has 0 aromatic carbocycles. The minimum atomic E-state index is 0.482. The van der Waals surface area contributed by atoms with Crippen molar-refractivity contribution in [2.24, 2.45) is 0 Å². The van der Waals surface area contributed by atoms with Crippen LogP contribution in [-0.4, -0.2) is 4.98 Å². The number of pyridine rings is 1. The largest absolute Gasteiger partial charge is 0.244 e. The van der Waals surface area contributed by atoms with Crippen LogP contribution in [0.25, 0.3) is 0 Å². The molecular formula is C8H6ClN. The summed E-state index contributed by atoms with van der Waals surface area (Å²) in [6.45, 7) is 1.85. The van der Waals surface area contributed by atoms with Gasteiger partial charge in [0.2, 0.25) is 0 Å². The number of halogens is 1. The third-order valence-electron chi connectivity index (χ3n) is 1.30. The van der Waals surface area contributed by atoms with Crippen molar-refractivity contribution in [3.8, 4) is 12.3 Å². The molecule has 2 heteroatoms. The second-order valence-electron chi connectivity index (χ2n) is 1.92. The summed E-state index contributed by atoms with van der Waals surface area (Å²) in [5.41, 5.74) is 1.67. The van der Waals surface area contributed by atoms with Gasteiger partial charge < -0.3 is 0 Å². The quantitative estimate of drug-likeness (QED) is 0.409. The Labute approximate surface area is 65.0 Å². The predicted octanol–water partition coefficient (Wildman–Crippen LogP) is 2.02. The molecule has 50 valence electrons. The van der Waals surface area contributed by atoms with Crippen LogP contribution in [0.4, 0.5) is 0 Å². The Morgan fingerprint density at radius 2 is 2.40 bits per heavy atom. The van der Waals surface area contributed by atoms with Gasteiger partial charge in [-0.2, -0.15) is 0 Å². The standard InChI is InChI=1S/C8H6ClN/c1-3-7-4-5-10-8(9)6(7)2/h1,4-5H,2H3. The van der Waals surface area contributed by atoms with E-state index in [1.165, 1.54) is 0 Å². The number of hydrogen-bond acceptors (Lipinski definition) is 1. The molecule has 0 aliphatic heterocycles. The maximum Gasteiger partial charge on any atom is 0.133 e. The summed E-state index contributed by atoms with van der Waals surface area (Å²) in [6.07, 6.45) is 6.78. The summed E-state index contributed by atoms with van der Waals surface area (Å²) >= 11 is 5.69. The number of aromatic nitrogens is 1. The van der Waals surface area contributed by atoms with E-state index >= 15 is 0 Å². The van der Waals surface area contributed by atoms with Gasteiger partial charge in [-0.05, 0) is 13.0 Å². The van der Waals surface area contributed by atoms with E-state index in [4.69, 9.17) is 18.0 Å². The average Bonchev–Trinajstić information content (AvgIpc) is 1.95. The van der Waals surface area contributed by atoms with Crippen molar-refractivity contribution in [3.63, 3.8) is 0 Å². The number of nitrogens with zero attached hydrogens (tertiary/aromatic N) is 1. The molecule has 1 aromatic heterocycles.